The molecule has 1 heterocycles. The summed E-state index contributed by atoms with van der Waals surface area (Å²) in [4.78, 5) is 20.6. The molecule has 0 aromatic heterocycles. The maximum Gasteiger partial charge on any atom is 0.355 e. The minimum Gasteiger partial charge on any atom is -0.476 e. The van der Waals surface area contributed by atoms with E-state index in [0.717, 1.165) is 12.5 Å². The van der Waals surface area contributed by atoms with Crippen molar-refractivity contribution in [2.24, 2.45) is 0 Å². The highest BCUT2D eigenvalue weighted by atomic mass is 16.5. The van der Waals surface area contributed by atoms with Crippen molar-refractivity contribution < 1.29 is 24.5 Å². The van der Waals surface area contributed by atoms with Gasteiger partial charge in [-0.2, -0.15) is 0 Å². The fourth-order valence-corrected chi connectivity index (χ4v) is 0.582. The van der Waals surface area contributed by atoms with Crippen molar-refractivity contribution in [3.8, 4) is 0 Å². The molecule has 1 aliphatic rings. The Bertz CT molecular complexity index is 262. The first-order valence-electron chi connectivity index (χ1n) is 2.90. The summed E-state index contributed by atoms with van der Waals surface area (Å²) in [6.45, 7) is 0. The van der Waals surface area contributed by atoms with E-state index in [1.54, 1.807) is 0 Å². The molecule has 0 radical (unpaired) electrons. The van der Waals surface area contributed by atoms with Crippen LogP contribution in [0, 0.1) is 0 Å². The number of hydrogen-bond donors (Lipinski definition) is 3. The van der Waals surface area contributed by atoms with Crippen LogP contribution in [-0.4, -0.2) is 22.2 Å². The van der Waals surface area contributed by atoms with E-state index in [-0.39, 0.29) is 11.4 Å². The van der Waals surface area contributed by atoms with E-state index in [0.29, 0.717) is 0 Å². The van der Waals surface area contributed by atoms with Gasteiger partial charge in [0.05, 0.1) is 0 Å². The third kappa shape index (κ3) is 1.54. The molecule has 0 fully saturated rings. The molecule has 0 spiro atoms. The Labute approximate surface area is 66.8 Å². The molecule has 0 amide bonds. The van der Waals surface area contributed by atoms with Gasteiger partial charge in [0.15, 0.2) is 11.4 Å². The van der Waals surface area contributed by atoms with Gasteiger partial charge >= 0.3 is 11.9 Å². The Balaban J connectivity index is 2.73. The highest BCUT2D eigenvalue weighted by molar-refractivity contribution is 5.91. The van der Waals surface area contributed by atoms with Crippen molar-refractivity contribution in [1.29, 1.82) is 0 Å². The third-order valence-corrected chi connectivity index (χ3v) is 1.10. The average Bonchev–Trinajstić information content (AvgIpc) is 2.04. The highest BCUT2D eigenvalue weighted by Gasteiger charge is 2.17. The summed E-state index contributed by atoms with van der Waals surface area (Å²) < 4.78 is 4.47. The highest BCUT2D eigenvalue weighted by Crippen LogP contribution is 2.04. The Kier molecular flexibility index (Phi) is 2.00. The van der Waals surface area contributed by atoms with Crippen LogP contribution < -0.4 is 5.32 Å². The molecule has 0 aromatic carbocycles. The topological polar surface area (TPSA) is 95.9 Å². The zero-order valence-corrected chi connectivity index (χ0v) is 5.77. The van der Waals surface area contributed by atoms with Gasteiger partial charge in [-0.3, -0.25) is 0 Å². The summed E-state index contributed by atoms with van der Waals surface area (Å²) >= 11 is 0. The van der Waals surface area contributed by atoms with Crippen LogP contribution in [0.4, 0.5) is 0 Å². The van der Waals surface area contributed by atoms with Gasteiger partial charge < -0.3 is 20.3 Å². The molecule has 0 saturated heterocycles. The summed E-state index contributed by atoms with van der Waals surface area (Å²) in [5.41, 5.74) is -0.621. The van der Waals surface area contributed by atoms with E-state index in [1.165, 1.54) is 0 Å². The average molecular weight is 171 g/mol. The molecule has 12 heavy (non-hydrogen) atoms. The second-order valence-electron chi connectivity index (χ2n) is 1.93. The lowest BCUT2D eigenvalue weighted by Crippen LogP contribution is -2.26. The Morgan fingerprint density at radius 2 is 1.58 bits per heavy atom. The van der Waals surface area contributed by atoms with Gasteiger partial charge in [0, 0.05) is 0 Å². The number of nitrogens with one attached hydrogen (secondary N) is 1. The monoisotopic (exact) mass is 171 g/mol. The van der Waals surface area contributed by atoms with E-state index in [2.05, 4.69) is 10.1 Å². The van der Waals surface area contributed by atoms with Gasteiger partial charge in [-0.25, -0.2) is 9.59 Å². The lowest BCUT2D eigenvalue weighted by molar-refractivity contribution is -0.134. The lowest BCUT2D eigenvalue weighted by Gasteiger charge is -2.10. The van der Waals surface area contributed by atoms with Gasteiger partial charge in [-0.1, -0.05) is 0 Å². The largest absolute Gasteiger partial charge is 0.476 e. The second kappa shape index (κ2) is 2.95. The lowest BCUT2D eigenvalue weighted by atomic mass is 10.4. The Hall–Kier alpha value is -1.98. The van der Waals surface area contributed by atoms with Crippen molar-refractivity contribution in [2.75, 3.05) is 0 Å². The zero-order valence-electron chi connectivity index (χ0n) is 5.77. The first-order valence-corrected chi connectivity index (χ1v) is 2.90. The number of carboxylic acid groups (broad SMARTS) is 2. The smallest absolute Gasteiger partial charge is 0.355 e. The molecule has 0 aliphatic carbocycles. The molecule has 64 valence electrons. The summed E-state index contributed by atoms with van der Waals surface area (Å²) in [5.74, 6) is -2.55. The predicted molar refractivity (Wildman–Crippen MR) is 35.7 cm³/mol. The van der Waals surface area contributed by atoms with Crippen LogP contribution in [0.15, 0.2) is 23.9 Å². The standard InChI is InChI=1S/C6H5NO5/c8-5(9)3-1-12-2-4(7-3)6(10)11/h1-2,7H,(H,8,9)(H,10,11). The number of rotatable bonds is 2. The van der Waals surface area contributed by atoms with E-state index >= 15 is 0 Å². The molecule has 6 heteroatoms. The molecule has 0 atom stereocenters. The van der Waals surface area contributed by atoms with Crippen molar-refractivity contribution in [2.45, 2.75) is 0 Å². The first-order chi connectivity index (χ1) is 5.61. The quantitative estimate of drug-likeness (QED) is 0.516. The van der Waals surface area contributed by atoms with E-state index < -0.39 is 11.9 Å². The molecule has 0 aromatic rings. The van der Waals surface area contributed by atoms with Crippen molar-refractivity contribution >= 4 is 11.9 Å². The predicted octanol–water partition coefficient (Wildman–Crippen LogP) is -0.542. The molecule has 0 unspecified atom stereocenters. The minimum absolute atomic E-state index is 0.310. The van der Waals surface area contributed by atoms with Crippen molar-refractivity contribution in [3.05, 3.63) is 23.9 Å². The van der Waals surface area contributed by atoms with Gasteiger partial charge in [-0.05, 0) is 0 Å². The third-order valence-electron chi connectivity index (χ3n) is 1.10. The van der Waals surface area contributed by atoms with Crippen LogP contribution in [0.5, 0.6) is 0 Å². The van der Waals surface area contributed by atoms with Gasteiger partial charge in [0.25, 0.3) is 0 Å². The van der Waals surface area contributed by atoms with Crippen molar-refractivity contribution in [1.82, 2.24) is 5.32 Å². The van der Waals surface area contributed by atoms with Crippen LogP contribution >= 0.6 is 0 Å². The number of ether oxygens (including phenoxy) is 1. The first kappa shape index (κ1) is 8.12. The van der Waals surface area contributed by atoms with Crippen LogP contribution in [0.25, 0.3) is 0 Å². The molecule has 1 rings (SSSR count). The number of carbonyl (C=O) groups is 2. The van der Waals surface area contributed by atoms with Crippen LogP contribution in [0.1, 0.15) is 0 Å². The Morgan fingerprint density at radius 3 is 1.92 bits per heavy atom. The normalized spacial score (nSPS) is 15.0. The maximum atomic E-state index is 10.3. The number of hydrogen-bond acceptors (Lipinski definition) is 4. The van der Waals surface area contributed by atoms with E-state index in [9.17, 15) is 9.59 Å². The Morgan fingerprint density at radius 1 is 1.17 bits per heavy atom. The summed E-state index contributed by atoms with van der Waals surface area (Å²) in [6.07, 6.45) is 1.82. The fourth-order valence-electron chi connectivity index (χ4n) is 0.582. The van der Waals surface area contributed by atoms with E-state index in [4.69, 9.17) is 10.2 Å². The van der Waals surface area contributed by atoms with Crippen LogP contribution in [0.3, 0.4) is 0 Å². The number of aliphatic carboxylic acids is 2. The molecule has 3 N–H and O–H groups in total. The van der Waals surface area contributed by atoms with Crippen molar-refractivity contribution in [3.63, 3.8) is 0 Å². The van der Waals surface area contributed by atoms with Crippen LogP contribution in [0.2, 0.25) is 0 Å². The van der Waals surface area contributed by atoms with Gasteiger partial charge in [-0.15, -0.1) is 0 Å². The molecular formula is C6H5NO5. The molecule has 1 aliphatic heterocycles. The number of carboxylic acids is 2. The van der Waals surface area contributed by atoms with E-state index in [1.807, 2.05) is 0 Å². The summed E-state index contributed by atoms with van der Waals surface area (Å²) in [7, 11) is 0. The van der Waals surface area contributed by atoms with Crippen LogP contribution in [-0.2, 0) is 14.3 Å². The summed E-state index contributed by atoms with van der Waals surface area (Å²) in [6, 6.07) is 0. The minimum atomic E-state index is -1.28. The van der Waals surface area contributed by atoms with Gasteiger partial charge in [0.1, 0.15) is 12.5 Å². The molecule has 0 bridgehead atoms. The molecule has 0 saturated carbocycles. The summed E-state index contributed by atoms with van der Waals surface area (Å²) in [5, 5.41) is 19.0. The zero-order chi connectivity index (χ0) is 9.14. The molecule has 6 nitrogen and oxygen atoms in total. The molecular weight excluding hydrogens is 166 g/mol. The van der Waals surface area contributed by atoms with Gasteiger partial charge in [0.2, 0.25) is 0 Å². The maximum absolute atomic E-state index is 10.3. The SMILES string of the molecule is O=C(O)C1=COC=C(C(=O)O)N1. The second-order valence-corrected chi connectivity index (χ2v) is 1.93. The fraction of sp³-hybridized carbons (Fsp3) is 0.